The van der Waals surface area contributed by atoms with Gasteiger partial charge in [0.05, 0.1) is 12.6 Å². The Balaban J connectivity index is 2.39. The fourth-order valence-corrected chi connectivity index (χ4v) is 1.51. The molecule has 1 rings (SSSR count). The van der Waals surface area contributed by atoms with E-state index in [0.717, 1.165) is 38.2 Å². The minimum absolute atomic E-state index is 0.165. The van der Waals surface area contributed by atoms with Gasteiger partial charge < -0.3 is 9.64 Å². The SMILES string of the molecule is CN(C)CCC(NN)C1=CCCCO1. The normalized spacial score (nSPS) is 19.0. The molecule has 14 heavy (non-hydrogen) atoms. The molecule has 0 aromatic carbocycles. The molecule has 1 atom stereocenters. The highest BCUT2D eigenvalue weighted by molar-refractivity contribution is 5.04. The Labute approximate surface area is 86.1 Å². The highest BCUT2D eigenvalue weighted by atomic mass is 16.5. The van der Waals surface area contributed by atoms with Crippen molar-refractivity contribution in [1.29, 1.82) is 0 Å². The van der Waals surface area contributed by atoms with Crippen LogP contribution in [0.5, 0.6) is 0 Å². The van der Waals surface area contributed by atoms with Crippen LogP contribution >= 0.6 is 0 Å². The van der Waals surface area contributed by atoms with E-state index in [0.29, 0.717) is 0 Å². The van der Waals surface area contributed by atoms with Gasteiger partial charge in [0.15, 0.2) is 0 Å². The molecule has 82 valence electrons. The van der Waals surface area contributed by atoms with Crippen molar-refractivity contribution in [1.82, 2.24) is 10.3 Å². The Bertz CT molecular complexity index is 192. The van der Waals surface area contributed by atoms with E-state index >= 15 is 0 Å². The predicted octanol–water partition coefficient (Wildman–Crippen LogP) is 0.464. The number of hydrazine groups is 1. The minimum Gasteiger partial charge on any atom is -0.497 e. The van der Waals surface area contributed by atoms with Crippen LogP contribution in [0.1, 0.15) is 19.3 Å². The number of hydrogen-bond donors (Lipinski definition) is 2. The fourth-order valence-electron chi connectivity index (χ4n) is 1.51. The van der Waals surface area contributed by atoms with E-state index in [4.69, 9.17) is 10.6 Å². The van der Waals surface area contributed by atoms with Crippen molar-refractivity contribution < 1.29 is 4.74 Å². The molecule has 0 bridgehead atoms. The lowest BCUT2D eigenvalue weighted by Crippen LogP contribution is -2.39. The largest absolute Gasteiger partial charge is 0.497 e. The van der Waals surface area contributed by atoms with Crippen molar-refractivity contribution in [2.45, 2.75) is 25.3 Å². The lowest BCUT2D eigenvalue weighted by atomic mass is 10.1. The van der Waals surface area contributed by atoms with E-state index in [2.05, 4.69) is 30.5 Å². The standard InChI is InChI=1S/C10H21N3O/c1-13(2)7-6-9(12-11)10-5-3-4-8-14-10/h5,9,12H,3-4,6-8,11H2,1-2H3. The fraction of sp³-hybridized carbons (Fsp3) is 0.800. The van der Waals surface area contributed by atoms with E-state index in [9.17, 15) is 0 Å². The molecule has 0 spiro atoms. The Morgan fingerprint density at radius 1 is 1.64 bits per heavy atom. The van der Waals surface area contributed by atoms with Gasteiger partial charge in [-0.2, -0.15) is 0 Å². The molecule has 0 aromatic heterocycles. The molecule has 3 N–H and O–H groups in total. The summed E-state index contributed by atoms with van der Waals surface area (Å²) in [5, 5.41) is 0. The Morgan fingerprint density at radius 2 is 2.43 bits per heavy atom. The summed E-state index contributed by atoms with van der Waals surface area (Å²) in [4.78, 5) is 2.15. The van der Waals surface area contributed by atoms with Crippen LogP contribution in [0, 0.1) is 0 Å². The summed E-state index contributed by atoms with van der Waals surface area (Å²) in [6, 6.07) is 0.165. The second-order valence-electron chi connectivity index (χ2n) is 3.91. The molecule has 0 amide bonds. The van der Waals surface area contributed by atoms with Crippen molar-refractivity contribution >= 4 is 0 Å². The van der Waals surface area contributed by atoms with Crippen LogP contribution in [0.25, 0.3) is 0 Å². The van der Waals surface area contributed by atoms with Crippen molar-refractivity contribution in [3.63, 3.8) is 0 Å². The first kappa shape index (κ1) is 11.5. The number of nitrogens with two attached hydrogens (primary N) is 1. The summed E-state index contributed by atoms with van der Waals surface area (Å²) in [6.07, 6.45) is 5.35. The molecule has 1 aliphatic rings. The van der Waals surface area contributed by atoms with Gasteiger partial charge in [-0.1, -0.05) is 0 Å². The van der Waals surface area contributed by atoms with Gasteiger partial charge in [0.2, 0.25) is 0 Å². The second-order valence-corrected chi connectivity index (χ2v) is 3.91. The molecule has 1 unspecified atom stereocenters. The van der Waals surface area contributed by atoms with Crippen LogP contribution in [-0.4, -0.2) is 38.2 Å². The van der Waals surface area contributed by atoms with Gasteiger partial charge in [-0.05, 0) is 46.0 Å². The molecule has 0 aromatic rings. The maximum Gasteiger partial charge on any atom is 0.110 e. The van der Waals surface area contributed by atoms with Crippen molar-refractivity contribution in [3.05, 3.63) is 11.8 Å². The second kappa shape index (κ2) is 6.01. The molecule has 1 aliphatic heterocycles. The maximum absolute atomic E-state index is 5.56. The monoisotopic (exact) mass is 199 g/mol. The average Bonchev–Trinajstić information content (AvgIpc) is 2.20. The van der Waals surface area contributed by atoms with Crippen LogP contribution in [-0.2, 0) is 4.74 Å². The molecular weight excluding hydrogens is 178 g/mol. The molecule has 4 heteroatoms. The topological polar surface area (TPSA) is 50.5 Å². The third kappa shape index (κ3) is 3.65. The predicted molar refractivity (Wildman–Crippen MR) is 57.6 cm³/mol. The summed E-state index contributed by atoms with van der Waals surface area (Å²) >= 11 is 0. The number of ether oxygens (including phenoxy) is 1. The van der Waals surface area contributed by atoms with E-state index in [1.807, 2.05) is 0 Å². The first-order valence-electron chi connectivity index (χ1n) is 5.17. The third-order valence-corrected chi connectivity index (χ3v) is 2.37. The van der Waals surface area contributed by atoms with E-state index in [1.54, 1.807) is 0 Å². The van der Waals surface area contributed by atoms with Gasteiger partial charge in [-0.25, -0.2) is 5.43 Å². The van der Waals surface area contributed by atoms with Crippen molar-refractivity contribution in [3.8, 4) is 0 Å². The number of hydrogen-bond acceptors (Lipinski definition) is 4. The van der Waals surface area contributed by atoms with Gasteiger partial charge in [0.25, 0.3) is 0 Å². The Kier molecular flexibility index (Phi) is 4.93. The van der Waals surface area contributed by atoms with Crippen LogP contribution in [0.15, 0.2) is 11.8 Å². The highest BCUT2D eigenvalue weighted by Crippen LogP contribution is 2.15. The van der Waals surface area contributed by atoms with Gasteiger partial charge in [-0.3, -0.25) is 5.84 Å². The lowest BCUT2D eigenvalue weighted by Gasteiger charge is -2.24. The van der Waals surface area contributed by atoms with Crippen molar-refractivity contribution in [2.75, 3.05) is 27.2 Å². The quantitative estimate of drug-likeness (QED) is 0.499. The van der Waals surface area contributed by atoms with Crippen LogP contribution in [0.4, 0.5) is 0 Å². The average molecular weight is 199 g/mol. The zero-order valence-corrected chi connectivity index (χ0v) is 9.12. The molecule has 0 saturated heterocycles. The first-order valence-corrected chi connectivity index (χ1v) is 5.17. The third-order valence-electron chi connectivity index (χ3n) is 2.37. The number of rotatable bonds is 5. The summed E-state index contributed by atoms with van der Waals surface area (Å²) < 4.78 is 5.56. The number of nitrogens with one attached hydrogen (secondary N) is 1. The molecule has 0 saturated carbocycles. The Morgan fingerprint density at radius 3 is 2.93 bits per heavy atom. The first-order chi connectivity index (χ1) is 6.74. The van der Waals surface area contributed by atoms with Gasteiger partial charge in [0.1, 0.15) is 5.76 Å². The number of allylic oxidation sites excluding steroid dienone is 1. The van der Waals surface area contributed by atoms with Gasteiger partial charge in [0, 0.05) is 0 Å². The molecule has 0 aliphatic carbocycles. The van der Waals surface area contributed by atoms with Crippen LogP contribution in [0.3, 0.4) is 0 Å². The van der Waals surface area contributed by atoms with Crippen molar-refractivity contribution in [2.24, 2.45) is 5.84 Å². The molecule has 0 radical (unpaired) electrons. The summed E-state index contributed by atoms with van der Waals surface area (Å²) in [5.41, 5.74) is 2.81. The van der Waals surface area contributed by atoms with Crippen LogP contribution in [0.2, 0.25) is 0 Å². The Hall–Kier alpha value is -0.580. The maximum atomic E-state index is 5.56. The lowest BCUT2D eigenvalue weighted by molar-refractivity contribution is 0.162. The molecule has 0 fully saturated rings. The van der Waals surface area contributed by atoms with Gasteiger partial charge in [-0.15, -0.1) is 0 Å². The minimum atomic E-state index is 0.165. The van der Waals surface area contributed by atoms with Crippen LogP contribution < -0.4 is 11.3 Å². The highest BCUT2D eigenvalue weighted by Gasteiger charge is 2.16. The van der Waals surface area contributed by atoms with Gasteiger partial charge >= 0.3 is 0 Å². The number of nitrogens with zero attached hydrogens (tertiary/aromatic N) is 1. The zero-order valence-electron chi connectivity index (χ0n) is 9.12. The van der Waals surface area contributed by atoms with E-state index in [-0.39, 0.29) is 6.04 Å². The smallest absolute Gasteiger partial charge is 0.110 e. The molecule has 4 nitrogen and oxygen atoms in total. The molecular formula is C10H21N3O. The van der Waals surface area contributed by atoms with E-state index in [1.165, 1.54) is 0 Å². The summed E-state index contributed by atoms with van der Waals surface area (Å²) in [7, 11) is 4.12. The van der Waals surface area contributed by atoms with E-state index < -0.39 is 0 Å². The molecule has 1 heterocycles. The summed E-state index contributed by atoms with van der Waals surface area (Å²) in [6.45, 7) is 1.83. The zero-order chi connectivity index (χ0) is 10.4. The summed E-state index contributed by atoms with van der Waals surface area (Å²) in [5.74, 6) is 6.51.